The van der Waals surface area contributed by atoms with E-state index < -0.39 is 97.5 Å². The van der Waals surface area contributed by atoms with Gasteiger partial charge in [-0.2, -0.15) is 0 Å². The molecule has 0 saturated heterocycles. The van der Waals surface area contributed by atoms with Crippen LogP contribution in [0.1, 0.15) is 427 Å². The second kappa shape index (κ2) is 72.3. The lowest BCUT2D eigenvalue weighted by atomic mass is 10.0. The molecular formula is C82H160O17P2. The number of hydrogen-bond acceptors (Lipinski definition) is 15. The number of rotatable bonds is 80. The van der Waals surface area contributed by atoms with Crippen LogP contribution in [0, 0.1) is 17.8 Å². The normalized spacial score (nSPS) is 14.0. The van der Waals surface area contributed by atoms with Gasteiger partial charge in [-0.3, -0.25) is 37.3 Å². The van der Waals surface area contributed by atoms with Crippen LogP contribution in [0.2, 0.25) is 0 Å². The SMILES string of the molecule is CCCCCCCCCCCCCCCCCCCCCC(=O)OC[C@H](COP(=O)(O)OC[C@@H](O)COP(=O)(O)OC[C@@H](COC(=O)CCCCCCCCCC(C)C)OC(=O)CCCCCCCCCCCCC(C)C)OC(=O)CCCCCCCCCCCCCCCCCCC(C)C. The van der Waals surface area contributed by atoms with Crippen LogP contribution in [-0.2, 0) is 65.4 Å². The third-order valence-corrected chi connectivity index (χ3v) is 21.0. The number of unbranched alkanes of at least 4 members (excludes halogenated alkanes) is 48. The van der Waals surface area contributed by atoms with Gasteiger partial charge < -0.3 is 33.8 Å². The molecule has 0 bridgehead atoms. The minimum absolute atomic E-state index is 0.105. The molecule has 0 aromatic heterocycles. The van der Waals surface area contributed by atoms with E-state index in [1.807, 2.05) is 0 Å². The lowest BCUT2D eigenvalue weighted by Gasteiger charge is -2.21. The lowest BCUT2D eigenvalue weighted by molar-refractivity contribution is -0.161. The van der Waals surface area contributed by atoms with Crippen LogP contribution < -0.4 is 0 Å². The summed E-state index contributed by atoms with van der Waals surface area (Å²) in [6.45, 7) is 11.9. The maximum atomic E-state index is 13.1. The highest BCUT2D eigenvalue weighted by Gasteiger charge is 2.30. The summed E-state index contributed by atoms with van der Waals surface area (Å²) in [6.07, 6.45) is 61.2. The first-order valence-corrected chi connectivity index (χ1v) is 45.3. The zero-order valence-electron chi connectivity index (χ0n) is 66.4. The highest BCUT2D eigenvalue weighted by molar-refractivity contribution is 7.47. The van der Waals surface area contributed by atoms with Gasteiger partial charge in [-0.1, -0.05) is 376 Å². The third-order valence-electron chi connectivity index (χ3n) is 19.1. The topological polar surface area (TPSA) is 237 Å². The zero-order chi connectivity index (χ0) is 74.4. The summed E-state index contributed by atoms with van der Waals surface area (Å²) in [5, 5.41) is 10.6. The average Bonchev–Trinajstić information content (AvgIpc) is 0.956. The van der Waals surface area contributed by atoms with Gasteiger partial charge in [0.1, 0.15) is 19.3 Å². The van der Waals surface area contributed by atoms with Crippen molar-refractivity contribution in [3.63, 3.8) is 0 Å². The van der Waals surface area contributed by atoms with Gasteiger partial charge in [-0.05, 0) is 43.4 Å². The molecule has 0 heterocycles. The minimum atomic E-state index is -4.96. The highest BCUT2D eigenvalue weighted by Crippen LogP contribution is 2.45. The van der Waals surface area contributed by atoms with Crippen molar-refractivity contribution >= 4 is 39.5 Å². The molecule has 0 saturated carbocycles. The molecule has 0 amide bonds. The van der Waals surface area contributed by atoms with E-state index in [-0.39, 0.29) is 25.7 Å². The maximum absolute atomic E-state index is 13.1. The molecule has 0 spiro atoms. The van der Waals surface area contributed by atoms with Gasteiger partial charge in [0.2, 0.25) is 0 Å². The molecule has 0 radical (unpaired) electrons. The number of aliphatic hydroxyl groups excluding tert-OH is 1. The number of phosphoric acid groups is 2. The van der Waals surface area contributed by atoms with E-state index in [0.29, 0.717) is 31.6 Å². The van der Waals surface area contributed by atoms with Crippen LogP contribution in [0.15, 0.2) is 0 Å². The van der Waals surface area contributed by atoms with E-state index in [9.17, 15) is 43.2 Å². The number of carbonyl (C=O) groups is 4. The molecule has 0 aliphatic carbocycles. The van der Waals surface area contributed by atoms with Crippen molar-refractivity contribution in [2.45, 2.75) is 446 Å². The predicted molar refractivity (Wildman–Crippen MR) is 414 cm³/mol. The third kappa shape index (κ3) is 76.1. The average molecular weight is 1480 g/mol. The van der Waals surface area contributed by atoms with Crippen LogP contribution in [0.3, 0.4) is 0 Å². The summed E-state index contributed by atoms with van der Waals surface area (Å²) in [7, 11) is -9.92. The Morgan fingerprint density at radius 2 is 0.455 bits per heavy atom. The number of carbonyl (C=O) groups excluding carboxylic acids is 4. The fourth-order valence-electron chi connectivity index (χ4n) is 12.7. The van der Waals surface area contributed by atoms with Crippen LogP contribution in [0.4, 0.5) is 0 Å². The molecule has 5 atom stereocenters. The van der Waals surface area contributed by atoms with Crippen LogP contribution in [0.5, 0.6) is 0 Å². The monoisotopic (exact) mass is 1480 g/mol. The number of ether oxygens (including phenoxy) is 4. The summed E-state index contributed by atoms with van der Waals surface area (Å²) in [4.78, 5) is 73.0. The quantitative estimate of drug-likeness (QED) is 0.0222. The molecular weight excluding hydrogens is 1320 g/mol. The molecule has 17 nitrogen and oxygen atoms in total. The lowest BCUT2D eigenvalue weighted by Crippen LogP contribution is -2.30. The Bertz CT molecular complexity index is 1960. The maximum Gasteiger partial charge on any atom is 0.472 e. The van der Waals surface area contributed by atoms with E-state index in [4.69, 9.17) is 37.0 Å². The van der Waals surface area contributed by atoms with Gasteiger partial charge in [-0.15, -0.1) is 0 Å². The summed E-state index contributed by atoms with van der Waals surface area (Å²) in [5.41, 5.74) is 0. The smallest absolute Gasteiger partial charge is 0.462 e. The molecule has 0 rings (SSSR count). The van der Waals surface area contributed by atoms with Crippen molar-refractivity contribution in [3.8, 4) is 0 Å². The molecule has 3 N–H and O–H groups in total. The first-order chi connectivity index (χ1) is 48.7. The van der Waals surface area contributed by atoms with Gasteiger partial charge >= 0.3 is 39.5 Å². The number of hydrogen-bond donors (Lipinski definition) is 3. The van der Waals surface area contributed by atoms with Gasteiger partial charge in [0.05, 0.1) is 26.4 Å². The largest absolute Gasteiger partial charge is 0.472 e. The van der Waals surface area contributed by atoms with Gasteiger partial charge in [0.15, 0.2) is 12.2 Å². The number of phosphoric ester groups is 2. The molecule has 0 aliphatic heterocycles. The Labute approximate surface area is 619 Å². The second-order valence-electron chi connectivity index (χ2n) is 30.9. The summed E-state index contributed by atoms with van der Waals surface area (Å²) in [6, 6.07) is 0. The summed E-state index contributed by atoms with van der Waals surface area (Å²) >= 11 is 0. The number of aliphatic hydroxyl groups is 1. The molecule has 0 aromatic carbocycles. The van der Waals surface area contributed by atoms with Crippen molar-refractivity contribution in [3.05, 3.63) is 0 Å². The Kier molecular flexibility index (Phi) is 70.9. The molecule has 600 valence electrons. The standard InChI is InChI=1S/C82H160O17P2/c1-8-9-10-11-12-13-14-15-16-17-18-19-23-26-29-35-42-49-56-63-79(84)92-69-77(98-81(86)65-58-51-43-36-30-27-24-21-20-22-25-28-33-39-46-53-60-73(2)3)71-96-100(88,89)94-67-76(83)68-95-101(90,91)97-72-78(70-93-80(85)64-57-50-45-38-41-48-55-62-75(6)7)99-82(87)66-59-52-44-37-32-31-34-40-47-54-61-74(4)5/h73-78,83H,8-72H2,1-7H3,(H,88,89)(H,90,91)/t76-,77-,78-/m1/s1. The first kappa shape index (κ1) is 99.1. The summed E-state index contributed by atoms with van der Waals surface area (Å²) < 4.78 is 68.7. The van der Waals surface area contributed by atoms with Gasteiger partial charge in [0, 0.05) is 25.7 Å². The van der Waals surface area contributed by atoms with Crippen molar-refractivity contribution in [1.29, 1.82) is 0 Å². The molecule has 101 heavy (non-hydrogen) atoms. The van der Waals surface area contributed by atoms with Crippen molar-refractivity contribution in [2.24, 2.45) is 17.8 Å². The predicted octanol–water partition coefficient (Wildman–Crippen LogP) is 24.5. The Balaban J connectivity index is 5.23. The van der Waals surface area contributed by atoms with E-state index in [1.165, 1.54) is 231 Å². The summed E-state index contributed by atoms with van der Waals surface area (Å²) in [5.74, 6) is 0.155. The van der Waals surface area contributed by atoms with E-state index in [0.717, 1.165) is 108 Å². The fourth-order valence-corrected chi connectivity index (χ4v) is 14.2. The van der Waals surface area contributed by atoms with E-state index in [1.54, 1.807) is 0 Å². The van der Waals surface area contributed by atoms with Crippen molar-refractivity contribution < 1.29 is 80.2 Å². The zero-order valence-corrected chi connectivity index (χ0v) is 68.2. The molecule has 0 aliphatic rings. The number of esters is 4. The van der Waals surface area contributed by atoms with Crippen molar-refractivity contribution in [1.82, 2.24) is 0 Å². The Morgan fingerprint density at radius 1 is 0.267 bits per heavy atom. The van der Waals surface area contributed by atoms with Crippen LogP contribution in [-0.4, -0.2) is 96.7 Å². The van der Waals surface area contributed by atoms with Gasteiger partial charge in [0.25, 0.3) is 0 Å². The van der Waals surface area contributed by atoms with Gasteiger partial charge in [-0.25, -0.2) is 9.13 Å². The van der Waals surface area contributed by atoms with E-state index in [2.05, 4.69) is 48.5 Å². The minimum Gasteiger partial charge on any atom is -0.462 e. The van der Waals surface area contributed by atoms with Crippen molar-refractivity contribution in [2.75, 3.05) is 39.6 Å². The first-order valence-electron chi connectivity index (χ1n) is 42.3. The van der Waals surface area contributed by atoms with E-state index >= 15 is 0 Å². The molecule has 0 fully saturated rings. The second-order valence-corrected chi connectivity index (χ2v) is 33.8. The molecule has 19 heteroatoms. The van der Waals surface area contributed by atoms with Crippen LogP contribution in [0.25, 0.3) is 0 Å². The van der Waals surface area contributed by atoms with Crippen LogP contribution >= 0.6 is 15.6 Å². The highest BCUT2D eigenvalue weighted by atomic mass is 31.2. The Hall–Kier alpha value is -1.94. The fraction of sp³-hybridized carbons (Fsp3) is 0.951. The Morgan fingerprint density at radius 3 is 0.673 bits per heavy atom. The molecule has 2 unspecified atom stereocenters. The molecule has 0 aromatic rings.